The standard InChI is InChI=1S/C22H24N4O3S/c1-15-4-5-19(29-15)18(26-11-2-3-12-26)14-24-22(28)20-17(8-13-30-20)25-21(27)16-6-9-23-10-7-16/h4-10,13,18H,2-3,11-12,14H2,1H3,(H,24,28)(H,25,27). The quantitative estimate of drug-likeness (QED) is 0.601. The molecule has 7 nitrogen and oxygen atoms in total. The smallest absolute Gasteiger partial charge is 0.263 e. The van der Waals surface area contributed by atoms with E-state index in [9.17, 15) is 9.59 Å². The van der Waals surface area contributed by atoms with E-state index in [-0.39, 0.29) is 17.9 Å². The largest absolute Gasteiger partial charge is 0.465 e. The Labute approximate surface area is 179 Å². The van der Waals surface area contributed by atoms with Gasteiger partial charge in [0.05, 0.1) is 11.7 Å². The van der Waals surface area contributed by atoms with Crippen molar-refractivity contribution in [1.29, 1.82) is 0 Å². The number of hydrogen-bond donors (Lipinski definition) is 2. The molecular weight excluding hydrogens is 400 g/mol. The number of furan rings is 1. The van der Waals surface area contributed by atoms with E-state index < -0.39 is 0 Å². The van der Waals surface area contributed by atoms with Gasteiger partial charge < -0.3 is 15.1 Å². The number of pyridine rings is 1. The van der Waals surface area contributed by atoms with Gasteiger partial charge in [0.25, 0.3) is 11.8 Å². The van der Waals surface area contributed by atoms with Crippen LogP contribution in [0.25, 0.3) is 0 Å². The molecule has 0 saturated carbocycles. The number of amides is 2. The second kappa shape index (κ2) is 9.23. The van der Waals surface area contributed by atoms with E-state index in [4.69, 9.17) is 4.42 Å². The molecule has 2 amide bonds. The van der Waals surface area contributed by atoms with Crippen LogP contribution in [0.3, 0.4) is 0 Å². The van der Waals surface area contributed by atoms with Crippen LogP contribution in [0, 0.1) is 6.92 Å². The van der Waals surface area contributed by atoms with E-state index in [1.54, 1.807) is 36.0 Å². The molecule has 3 aromatic heterocycles. The molecule has 8 heteroatoms. The molecule has 2 N–H and O–H groups in total. The molecule has 4 rings (SSSR count). The fourth-order valence-electron chi connectivity index (χ4n) is 3.65. The minimum atomic E-state index is -0.272. The number of thiophene rings is 1. The van der Waals surface area contributed by atoms with E-state index in [0.717, 1.165) is 37.5 Å². The van der Waals surface area contributed by atoms with Crippen molar-refractivity contribution in [2.45, 2.75) is 25.8 Å². The Balaban J connectivity index is 1.43. The van der Waals surface area contributed by atoms with E-state index in [2.05, 4.69) is 20.5 Å². The van der Waals surface area contributed by atoms with Gasteiger partial charge in [-0.05, 0) is 68.6 Å². The third-order valence-electron chi connectivity index (χ3n) is 5.19. The highest BCUT2D eigenvalue weighted by molar-refractivity contribution is 7.12. The summed E-state index contributed by atoms with van der Waals surface area (Å²) in [7, 11) is 0. The predicted molar refractivity (Wildman–Crippen MR) is 116 cm³/mol. The summed E-state index contributed by atoms with van der Waals surface area (Å²) in [6, 6.07) is 8.94. The Morgan fingerprint density at radius 2 is 1.90 bits per heavy atom. The first-order chi connectivity index (χ1) is 14.6. The SMILES string of the molecule is Cc1ccc(C(CNC(=O)c2sccc2NC(=O)c2ccncc2)N2CCCC2)o1. The predicted octanol–water partition coefficient (Wildman–Crippen LogP) is 3.86. The first kappa shape index (κ1) is 20.3. The summed E-state index contributed by atoms with van der Waals surface area (Å²) < 4.78 is 5.85. The van der Waals surface area contributed by atoms with Crippen LogP contribution in [-0.2, 0) is 0 Å². The molecule has 1 atom stereocenters. The van der Waals surface area contributed by atoms with E-state index in [1.807, 2.05) is 19.1 Å². The molecule has 1 unspecified atom stereocenters. The number of nitrogens with one attached hydrogen (secondary N) is 2. The zero-order valence-electron chi connectivity index (χ0n) is 16.8. The number of aryl methyl sites for hydroxylation is 1. The van der Waals surface area contributed by atoms with E-state index in [1.165, 1.54) is 11.3 Å². The third-order valence-corrected chi connectivity index (χ3v) is 6.10. The first-order valence-corrected chi connectivity index (χ1v) is 10.9. The lowest BCUT2D eigenvalue weighted by atomic mass is 10.2. The van der Waals surface area contributed by atoms with Gasteiger partial charge >= 0.3 is 0 Å². The van der Waals surface area contributed by atoms with Crippen LogP contribution < -0.4 is 10.6 Å². The number of carbonyl (C=O) groups excluding carboxylic acids is 2. The zero-order valence-corrected chi connectivity index (χ0v) is 17.6. The number of anilines is 1. The molecule has 1 aliphatic heterocycles. The molecule has 0 aromatic carbocycles. The molecule has 1 saturated heterocycles. The van der Waals surface area contributed by atoms with Crippen LogP contribution in [-0.4, -0.2) is 41.3 Å². The summed E-state index contributed by atoms with van der Waals surface area (Å²) in [4.78, 5) is 32.1. The van der Waals surface area contributed by atoms with Crippen LogP contribution in [0.1, 0.15) is 50.4 Å². The van der Waals surface area contributed by atoms with Gasteiger partial charge in [0.2, 0.25) is 0 Å². The minimum Gasteiger partial charge on any atom is -0.465 e. The van der Waals surface area contributed by atoms with Crippen molar-refractivity contribution in [3.05, 3.63) is 70.1 Å². The topological polar surface area (TPSA) is 87.5 Å². The molecule has 1 fully saturated rings. The Kier molecular flexibility index (Phi) is 6.25. The summed E-state index contributed by atoms with van der Waals surface area (Å²) in [5.41, 5.74) is 0.996. The average molecular weight is 425 g/mol. The van der Waals surface area contributed by atoms with Gasteiger partial charge in [-0.25, -0.2) is 0 Å². The van der Waals surface area contributed by atoms with Crippen molar-refractivity contribution < 1.29 is 14.0 Å². The van der Waals surface area contributed by atoms with Gasteiger partial charge in [0, 0.05) is 24.5 Å². The molecule has 4 heterocycles. The summed E-state index contributed by atoms with van der Waals surface area (Å²) in [5.74, 6) is 1.25. The van der Waals surface area contributed by atoms with Crippen LogP contribution in [0.4, 0.5) is 5.69 Å². The van der Waals surface area contributed by atoms with Gasteiger partial charge in [-0.2, -0.15) is 0 Å². The van der Waals surface area contributed by atoms with Crippen molar-refractivity contribution >= 4 is 28.8 Å². The Hall–Kier alpha value is -2.97. The number of likely N-dealkylation sites (tertiary alicyclic amines) is 1. The lowest BCUT2D eigenvalue weighted by Gasteiger charge is -2.26. The van der Waals surface area contributed by atoms with Crippen molar-refractivity contribution in [3.63, 3.8) is 0 Å². The molecule has 30 heavy (non-hydrogen) atoms. The van der Waals surface area contributed by atoms with Gasteiger partial charge in [-0.1, -0.05) is 0 Å². The van der Waals surface area contributed by atoms with Gasteiger partial charge in [-0.3, -0.25) is 19.5 Å². The van der Waals surface area contributed by atoms with Crippen LogP contribution >= 0.6 is 11.3 Å². The molecule has 0 aliphatic carbocycles. The Morgan fingerprint density at radius 3 is 2.60 bits per heavy atom. The number of hydrogen-bond acceptors (Lipinski definition) is 6. The van der Waals surface area contributed by atoms with Gasteiger partial charge in [0.15, 0.2) is 0 Å². The second-order valence-electron chi connectivity index (χ2n) is 7.27. The fraction of sp³-hybridized carbons (Fsp3) is 0.318. The van der Waals surface area contributed by atoms with Crippen LogP contribution in [0.5, 0.6) is 0 Å². The highest BCUT2D eigenvalue weighted by Crippen LogP contribution is 2.27. The van der Waals surface area contributed by atoms with Gasteiger partial charge in [0.1, 0.15) is 16.4 Å². The van der Waals surface area contributed by atoms with Crippen molar-refractivity contribution in [2.75, 3.05) is 25.0 Å². The molecule has 0 radical (unpaired) electrons. The van der Waals surface area contributed by atoms with Crippen LogP contribution in [0.15, 0.2) is 52.5 Å². The maximum atomic E-state index is 12.9. The summed E-state index contributed by atoms with van der Waals surface area (Å²) >= 11 is 1.30. The molecular formula is C22H24N4O3S. The van der Waals surface area contributed by atoms with Gasteiger partial charge in [-0.15, -0.1) is 11.3 Å². The van der Waals surface area contributed by atoms with E-state index >= 15 is 0 Å². The highest BCUT2D eigenvalue weighted by Gasteiger charge is 2.27. The van der Waals surface area contributed by atoms with Crippen LogP contribution in [0.2, 0.25) is 0 Å². The highest BCUT2D eigenvalue weighted by atomic mass is 32.1. The zero-order chi connectivity index (χ0) is 20.9. The van der Waals surface area contributed by atoms with Crippen molar-refractivity contribution in [2.24, 2.45) is 0 Å². The van der Waals surface area contributed by atoms with Crippen molar-refractivity contribution in [1.82, 2.24) is 15.2 Å². The lowest BCUT2D eigenvalue weighted by molar-refractivity contribution is 0.0938. The number of rotatable bonds is 7. The second-order valence-corrected chi connectivity index (χ2v) is 8.19. The maximum Gasteiger partial charge on any atom is 0.263 e. The maximum absolute atomic E-state index is 12.9. The fourth-order valence-corrected chi connectivity index (χ4v) is 4.41. The number of nitrogens with zero attached hydrogens (tertiary/aromatic N) is 2. The average Bonchev–Trinajstić information content (AvgIpc) is 3.51. The molecule has 3 aromatic rings. The summed E-state index contributed by atoms with van der Waals surface area (Å²) in [6.45, 7) is 4.35. The summed E-state index contributed by atoms with van der Waals surface area (Å²) in [6.07, 6.45) is 5.43. The number of aromatic nitrogens is 1. The Bertz CT molecular complexity index is 1010. The third kappa shape index (κ3) is 4.60. The summed E-state index contributed by atoms with van der Waals surface area (Å²) in [5, 5.41) is 7.65. The molecule has 1 aliphatic rings. The van der Waals surface area contributed by atoms with Crippen molar-refractivity contribution in [3.8, 4) is 0 Å². The normalized spacial score (nSPS) is 15.1. The molecule has 0 bridgehead atoms. The molecule has 0 spiro atoms. The number of carbonyl (C=O) groups is 2. The monoisotopic (exact) mass is 424 g/mol. The molecule has 156 valence electrons. The first-order valence-electron chi connectivity index (χ1n) is 9.99. The Morgan fingerprint density at radius 1 is 1.13 bits per heavy atom. The minimum absolute atomic E-state index is 0.0000258. The van der Waals surface area contributed by atoms with E-state index in [0.29, 0.717) is 22.7 Å². The lowest BCUT2D eigenvalue weighted by Crippen LogP contribution is -2.36.